The summed E-state index contributed by atoms with van der Waals surface area (Å²) < 4.78 is 9.41. The molecule has 1 aromatic rings. The third-order valence-corrected chi connectivity index (χ3v) is 2.85. The average Bonchev–Trinajstić information content (AvgIpc) is 2.76. The minimum Gasteiger partial charge on any atom is -0.468 e. The molecular formula is C12H13NO4. The van der Waals surface area contributed by atoms with Gasteiger partial charge in [0.2, 0.25) is 0 Å². The van der Waals surface area contributed by atoms with Gasteiger partial charge in [-0.25, -0.2) is 4.79 Å². The van der Waals surface area contributed by atoms with Crippen LogP contribution < -0.4 is 5.32 Å². The van der Waals surface area contributed by atoms with Crippen molar-refractivity contribution in [2.75, 3.05) is 19.5 Å². The number of para-hydroxylation sites is 1. The molecule has 0 aromatic heterocycles. The van der Waals surface area contributed by atoms with E-state index >= 15 is 0 Å². The van der Waals surface area contributed by atoms with E-state index in [-0.39, 0.29) is 0 Å². The van der Waals surface area contributed by atoms with Crippen molar-refractivity contribution in [3.05, 3.63) is 29.8 Å². The molecule has 0 bridgehead atoms. The van der Waals surface area contributed by atoms with E-state index in [1.165, 1.54) is 14.2 Å². The zero-order chi connectivity index (χ0) is 12.4. The smallest absolute Gasteiger partial charge is 0.329 e. The van der Waals surface area contributed by atoms with Crippen molar-refractivity contribution in [1.82, 2.24) is 0 Å². The van der Waals surface area contributed by atoms with Gasteiger partial charge in [0, 0.05) is 5.69 Å². The van der Waals surface area contributed by atoms with Crippen LogP contribution >= 0.6 is 0 Å². The summed E-state index contributed by atoms with van der Waals surface area (Å²) in [6, 6.07) is 6.54. The number of rotatable bonds is 2. The van der Waals surface area contributed by atoms with Crippen LogP contribution in [0.3, 0.4) is 0 Å². The number of ether oxygens (including phenoxy) is 2. The van der Waals surface area contributed by atoms with E-state index in [2.05, 4.69) is 10.1 Å². The van der Waals surface area contributed by atoms with E-state index in [0.717, 1.165) is 11.3 Å². The molecule has 0 spiro atoms. The van der Waals surface area contributed by atoms with Crippen molar-refractivity contribution in [2.24, 2.45) is 0 Å². The van der Waals surface area contributed by atoms with Crippen LogP contribution in [0.2, 0.25) is 0 Å². The van der Waals surface area contributed by atoms with Crippen molar-refractivity contribution >= 4 is 17.6 Å². The third-order valence-electron chi connectivity index (χ3n) is 2.85. The maximum absolute atomic E-state index is 11.7. The molecule has 0 unspecified atom stereocenters. The van der Waals surface area contributed by atoms with E-state index in [1.807, 2.05) is 18.2 Å². The fraction of sp³-hybridized carbons (Fsp3) is 0.333. The predicted molar refractivity (Wildman–Crippen MR) is 60.6 cm³/mol. The molecule has 17 heavy (non-hydrogen) atoms. The lowest BCUT2D eigenvalue weighted by atomic mass is 9.95. The third kappa shape index (κ3) is 1.84. The van der Waals surface area contributed by atoms with Gasteiger partial charge in [0.05, 0.1) is 14.2 Å². The lowest BCUT2D eigenvalue weighted by Gasteiger charge is -2.15. The number of nitrogens with one attached hydrogen (secondary N) is 1. The summed E-state index contributed by atoms with van der Waals surface area (Å²) in [7, 11) is 2.60. The molecule has 2 rings (SSSR count). The predicted octanol–water partition coefficient (Wildman–Crippen LogP) is 0.910. The van der Waals surface area contributed by atoms with Crippen LogP contribution in [0.1, 0.15) is 11.5 Å². The number of carbonyl (C=O) groups excluding carboxylic acids is 2. The largest absolute Gasteiger partial charge is 0.468 e. The Labute approximate surface area is 98.7 Å². The van der Waals surface area contributed by atoms with Crippen LogP contribution in [0, 0.1) is 0 Å². The van der Waals surface area contributed by atoms with Gasteiger partial charge >= 0.3 is 11.9 Å². The minimum absolute atomic E-state index is 0.446. The molecule has 1 aliphatic heterocycles. The summed E-state index contributed by atoms with van der Waals surface area (Å²) in [5.41, 5.74) is 1.52. The van der Waals surface area contributed by atoms with Gasteiger partial charge in [-0.05, 0) is 11.6 Å². The molecule has 1 N–H and O–H groups in total. The first kappa shape index (κ1) is 11.4. The first-order chi connectivity index (χ1) is 8.19. The van der Waals surface area contributed by atoms with Crippen molar-refractivity contribution < 1.29 is 19.1 Å². The number of hydrogen-bond acceptors (Lipinski definition) is 5. The summed E-state index contributed by atoms with van der Waals surface area (Å²) >= 11 is 0. The van der Waals surface area contributed by atoms with Crippen molar-refractivity contribution in [2.45, 2.75) is 12.0 Å². The SMILES string of the molecule is COC(=O)[C@H]1Nc2ccccc2[C@H]1C(=O)OC. The second-order valence-electron chi connectivity index (χ2n) is 3.73. The number of benzene rings is 1. The maximum Gasteiger partial charge on any atom is 0.329 e. The molecule has 1 aromatic carbocycles. The van der Waals surface area contributed by atoms with E-state index < -0.39 is 23.9 Å². The van der Waals surface area contributed by atoms with Crippen LogP contribution in [0.4, 0.5) is 5.69 Å². The van der Waals surface area contributed by atoms with Crippen LogP contribution in [0.5, 0.6) is 0 Å². The second-order valence-corrected chi connectivity index (χ2v) is 3.73. The van der Waals surface area contributed by atoms with Gasteiger partial charge in [-0.15, -0.1) is 0 Å². The van der Waals surface area contributed by atoms with Crippen LogP contribution in [0.25, 0.3) is 0 Å². The quantitative estimate of drug-likeness (QED) is 0.772. The molecule has 0 fully saturated rings. The van der Waals surface area contributed by atoms with Gasteiger partial charge in [0.25, 0.3) is 0 Å². The average molecular weight is 235 g/mol. The Bertz CT molecular complexity index is 458. The van der Waals surface area contributed by atoms with E-state index in [1.54, 1.807) is 6.07 Å². The lowest BCUT2D eigenvalue weighted by molar-refractivity contribution is -0.149. The molecule has 0 aliphatic carbocycles. The highest BCUT2D eigenvalue weighted by atomic mass is 16.5. The molecular weight excluding hydrogens is 222 g/mol. The standard InChI is InChI=1S/C12H13NO4/c1-16-11(14)9-7-5-3-4-6-8(7)13-10(9)12(15)17-2/h3-6,9-10,13H,1-2H3/t9-,10+/m1/s1. The second kappa shape index (κ2) is 4.45. The molecule has 0 saturated heterocycles. The van der Waals surface area contributed by atoms with E-state index in [0.29, 0.717) is 0 Å². The highest BCUT2D eigenvalue weighted by Gasteiger charge is 2.42. The number of anilines is 1. The van der Waals surface area contributed by atoms with Gasteiger partial charge in [0.1, 0.15) is 12.0 Å². The summed E-state index contributed by atoms with van der Waals surface area (Å²) in [5, 5.41) is 2.98. The molecule has 1 heterocycles. The van der Waals surface area contributed by atoms with Crippen LogP contribution in [0.15, 0.2) is 24.3 Å². The molecule has 90 valence electrons. The minimum atomic E-state index is -0.718. The van der Waals surface area contributed by atoms with E-state index in [4.69, 9.17) is 4.74 Å². The highest BCUT2D eigenvalue weighted by Crippen LogP contribution is 2.36. The van der Waals surface area contributed by atoms with Gasteiger partial charge in [-0.1, -0.05) is 18.2 Å². The van der Waals surface area contributed by atoms with Crippen molar-refractivity contribution in [3.8, 4) is 0 Å². The summed E-state index contributed by atoms with van der Waals surface area (Å²) in [6.07, 6.45) is 0. The van der Waals surface area contributed by atoms with Gasteiger partial charge in [-0.2, -0.15) is 0 Å². The van der Waals surface area contributed by atoms with Gasteiger partial charge in [0.15, 0.2) is 0 Å². The Kier molecular flexibility index (Phi) is 2.99. The van der Waals surface area contributed by atoms with Crippen LogP contribution in [-0.4, -0.2) is 32.2 Å². The normalized spacial score (nSPS) is 21.3. The zero-order valence-electron chi connectivity index (χ0n) is 9.60. The Morgan fingerprint density at radius 1 is 1.12 bits per heavy atom. The highest BCUT2D eigenvalue weighted by molar-refractivity contribution is 5.95. The molecule has 0 saturated carbocycles. The topological polar surface area (TPSA) is 64.6 Å². The Hall–Kier alpha value is -2.04. The van der Waals surface area contributed by atoms with Crippen molar-refractivity contribution in [3.63, 3.8) is 0 Å². The van der Waals surface area contributed by atoms with E-state index in [9.17, 15) is 9.59 Å². The summed E-state index contributed by atoms with van der Waals surface area (Å²) in [5.74, 6) is -1.57. The fourth-order valence-corrected chi connectivity index (χ4v) is 2.04. The fourth-order valence-electron chi connectivity index (χ4n) is 2.04. The van der Waals surface area contributed by atoms with Crippen molar-refractivity contribution in [1.29, 1.82) is 0 Å². The monoisotopic (exact) mass is 235 g/mol. The number of carbonyl (C=O) groups is 2. The Balaban J connectivity index is 2.40. The Morgan fingerprint density at radius 3 is 2.41 bits per heavy atom. The number of esters is 2. The van der Waals surface area contributed by atoms with Gasteiger partial charge < -0.3 is 14.8 Å². The molecule has 5 heteroatoms. The lowest BCUT2D eigenvalue weighted by Crippen LogP contribution is -2.35. The molecule has 2 atom stereocenters. The first-order valence-corrected chi connectivity index (χ1v) is 5.20. The van der Waals surface area contributed by atoms with Gasteiger partial charge in [-0.3, -0.25) is 4.79 Å². The molecule has 0 radical (unpaired) electrons. The molecule has 5 nitrogen and oxygen atoms in total. The summed E-state index contributed by atoms with van der Waals surface area (Å²) in [4.78, 5) is 23.4. The molecule has 1 aliphatic rings. The number of methoxy groups -OCH3 is 2. The maximum atomic E-state index is 11.7. The number of hydrogen-bond donors (Lipinski definition) is 1. The first-order valence-electron chi connectivity index (χ1n) is 5.20. The van der Waals surface area contributed by atoms with Crippen LogP contribution in [-0.2, 0) is 19.1 Å². The number of fused-ring (bicyclic) bond motifs is 1. The summed E-state index contributed by atoms with van der Waals surface area (Å²) in [6.45, 7) is 0. The Morgan fingerprint density at radius 2 is 1.76 bits per heavy atom. The zero-order valence-corrected chi connectivity index (χ0v) is 9.60. The molecule has 0 amide bonds.